The average molecular weight is 212 g/mol. The van der Waals surface area contributed by atoms with Crippen LogP contribution in [0.2, 0.25) is 0 Å². The Kier molecular flexibility index (Phi) is 3.65. The SMILES string of the molecule is CC(C)N(C)C[C@H]1OC[C@@H]2CCNC[C@@H]21. The number of nitrogens with one attached hydrogen (secondary N) is 1. The summed E-state index contributed by atoms with van der Waals surface area (Å²) in [5.74, 6) is 1.57. The van der Waals surface area contributed by atoms with Gasteiger partial charge in [0.2, 0.25) is 0 Å². The standard InChI is InChI=1S/C12H24N2O/c1-9(2)14(3)7-12-11-6-13-5-4-10(11)8-15-12/h9-13H,4-8H2,1-3H3/t10-,11-,12+/m0/s1. The molecule has 2 fully saturated rings. The molecule has 3 heteroatoms. The summed E-state index contributed by atoms with van der Waals surface area (Å²) in [6.07, 6.45) is 1.75. The van der Waals surface area contributed by atoms with Crippen LogP contribution < -0.4 is 5.32 Å². The molecule has 1 N–H and O–H groups in total. The number of hydrogen-bond donors (Lipinski definition) is 1. The van der Waals surface area contributed by atoms with Crippen LogP contribution in [0.1, 0.15) is 20.3 Å². The Morgan fingerprint density at radius 3 is 3.00 bits per heavy atom. The van der Waals surface area contributed by atoms with Gasteiger partial charge in [-0.15, -0.1) is 0 Å². The number of likely N-dealkylation sites (N-methyl/N-ethyl adjacent to an activating group) is 1. The summed E-state index contributed by atoms with van der Waals surface area (Å²) in [5, 5.41) is 3.49. The third kappa shape index (κ3) is 2.52. The molecular weight excluding hydrogens is 188 g/mol. The normalized spacial score (nSPS) is 36.2. The van der Waals surface area contributed by atoms with Crippen molar-refractivity contribution in [3.63, 3.8) is 0 Å². The van der Waals surface area contributed by atoms with Crippen molar-refractivity contribution in [1.82, 2.24) is 10.2 Å². The summed E-state index contributed by atoms with van der Waals surface area (Å²) < 4.78 is 5.94. The van der Waals surface area contributed by atoms with Crippen molar-refractivity contribution in [2.45, 2.75) is 32.4 Å². The molecule has 15 heavy (non-hydrogen) atoms. The third-order valence-corrected chi connectivity index (χ3v) is 4.03. The van der Waals surface area contributed by atoms with Gasteiger partial charge in [-0.05, 0) is 39.8 Å². The van der Waals surface area contributed by atoms with Crippen LogP contribution in [0.5, 0.6) is 0 Å². The van der Waals surface area contributed by atoms with Crippen LogP contribution in [0.15, 0.2) is 0 Å². The molecule has 0 aromatic rings. The van der Waals surface area contributed by atoms with Crippen molar-refractivity contribution < 1.29 is 4.74 Å². The van der Waals surface area contributed by atoms with E-state index in [1.54, 1.807) is 0 Å². The smallest absolute Gasteiger partial charge is 0.0745 e. The van der Waals surface area contributed by atoms with Crippen LogP contribution in [-0.4, -0.2) is 50.3 Å². The van der Waals surface area contributed by atoms with Crippen LogP contribution in [-0.2, 0) is 4.74 Å². The summed E-state index contributed by atoms with van der Waals surface area (Å²) in [5.41, 5.74) is 0. The molecule has 3 atom stereocenters. The van der Waals surface area contributed by atoms with Crippen molar-refractivity contribution in [1.29, 1.82) is 0 Å². The van der Waals surface area contributed by atoms with Gasteiger partial charge in [-0.3, -0.25) is 0 Å². The quantitative estimate of drug-likeness (QED) is 0.754. The third-order valence-electron chi connectivity index (χ3n) is 4.03. The van der Waals surface area contributed by atoms with Crippen LogP contribution in [0.3, 0.4) is 0 Å². The maximum absolute atomic E-state index is 5.94. The van der Waals surface area contributed by atoms with Gasteiger partial charge in [-0.25, -0.2) is 0 Å². The average Bonchev–Trinajstić information content (AvgIpc) is 2.62. The summed E-state index contributed by atoms with van der Waals surface area (Å²) in [4.78, 5) is 2.39. The lowest BCUT2D eigenvalue weighted by atomic mass is 9.85. The molecule has 0 aromatic heterocycles. The predicted molar refractivity (Wildman–Crippen MR) is 62.0 cm³/mol. The van der Waals surface area contributed by atoms with E-state index in [-0.39, 0.29) is 0 Å². The van der Waals surface area contributed by atoms with Crippen molar-refractivity contribution in [2.24, 2.45) is 11.8 Å². The fourth-order valence-electron chi connectivity index (χ4n) is 2.63. The van der Waals surface area contributed by atoms with E-state index in [0.29, 0.717) is 12.1 Å². The maximum Gasteiger partial charge on any atom is 0.0745 e. The summed E-state index contributed by atoms with van der Waals surface area (Å²) in [6.45, 7) is 8.89. The minimum Gasteiger partial charge on any atom is -0.376 e. The monoisotopic (exact) mass is 212 g/mol. The molecule has 88 valence electrons. The van der Waals surface area contributed by atoms with Gasteiger partial charge in [-0.2, -0.15) is 0 Å². The van der Waals surface area contributed by atoms with E-state index in [1.165, 1.54) is 13.0 Å². The van der Waals surface area contributed by atoms with Gasteiger partial charge in [0.15, 0.2) is 0 Å². The Morgan fingerprint density at radius 2 is 2.27 bits per heavy atom. The molecule has 2 rings (SSSR count). The number of piperidine rings is 1. The second kappa shape index (κ2) is 4.81. The maximum atomic E-state index is 5.94. The van der Waals surface area contributed by atoms with Gasteiger partial charge in [0, 0.05) is 25.0 Å². The van der Waals surface area contributed by atoms with Gasteiger partial charge in [0.25, 0.3) is 0 Å². The molecule has 2 aliphatic rings. The van der Waals surface area contributed by atoms with Crippen molar-refractivity contribution in [3.05, 3.63) is 0 Å². The summed E-state index contributed by atoms with van der Waals surface area (Å²) >= 11 is 0. The van der Waals surface area contributed by atoms with E-state index in [0.717, 1.165) is 31.5 Å². The molecule has 0 amide bonds. The highest BCUT2D eigenvalue weighted by Gasteiger charge is 2.38. The number of fused-ring (bicyclic) bond motifs is 1. The lowest BCUT2D eigenvalue weighted by Gasteiger charge is -2.31. The zero-order chi connectivity index (χ0) is 10.8. The second-order valence-corrected chi connectivity index (χ2v) is 5.32. The van der Waals surface area contributed by atoms with E-state index >= 15 is 0 Å². The van der Waals surface area contributed by atoms with E-state index in [1.807, 2.05) is 0 Å². The number of ether oxygens (including phenoxy) is 1. The number of nitrogens with zero attached hydrogens (tertiary/aromatic N) is 1. The molecular formula is C12H24N2O. The Bertz CT molecular complexity index is 208. The zero-order valence-electron chi connectivity index (χ0n) is 10.2. The van der Waals surface area contributed by atoms with Crippen molar-refractivity contribution in [2.75, 3.05) is 33.3 Å². The molecule has 2 saturated heterocycles. The zero-order valence-corrected chi connectivity index (χ0v) is 10.2. The summed E-state index contributed by atoms with van der Waals surface area (Å²) in [7, 11) is 2.19. The Morgan fingerprint density at radius 1 is 1.47 bits per heavy atom. The fraction of sp³-hybridized carbons (Fsp3) is 1.00. The Hall–Kier alpha value is -0.120. The van der Waals surface area contributed by atoms with Crippen molar-refractivity contribution >= 4 is 0 Å². The molecule has 0 bridgehead atoms. The molecule has 0 aromatic carbocycles. The molecule has 0 saturated carbocycles. The number of rotatable bonds is 3. The van der Waals surface area contributed by atoms with E-state index < -0.39 is 0 Å². The molecule has 2 heterocycles. The lowest BCUT2D eigenvalue weighted by molar-refractivity contribution is 0.0541. The van der Waals surface area contributed by atoms with Crippen LogP contribution in [0.4, 0.5) is 0 Å². The largest absolute Gasteiger partial charge is 0.376 e. The topological polar surface area (TPSA) is 24.5 Å². The van der Waals surface area contributed by atoms with Crippen LogP contribution in [0, 0.1) is 11.8 Å². The second-order valence-electron chi connectivity index (χ2n) is 5.32. The van der Waals surface area contributed by atoms with E-state index in [4.69, 9.17) is 4.74 Å². The molecule has 0 unspecified atom stereocenters. The number of hydrogen-bond acceptors (Lipinski definition) is 3. The van der Waals surface area contributed by atoms with Gasteiger partial charge in [0.1, 0.15) is 0 Å². The predicted octanol–water partition coefficient (Wildman–Crippen LogP) is 0.951. The van der Waals surface area contributed by atoms with Crippen LogP contribution >= 0.6 is 0 Å². The van der Waals surface area contributed by atoms with Gasteiger partial charge >= 0.3 is 0 Å². The van der Waals surface area contributed by atoms with Crippen LogP contribution in [0.25, 0.3) is 0 Å². The first-order valence-electron chi connectivity index (χ1n) is 6.21. The van der Waals surface area contributed by atoms with Gasteiger partial charge < -0.3 is 15.0 Å². The minimum atomic E-state index is 0.454. The first-order valence-corrected chi connectivity index (χ1v) is 6.21. The highest BCUT2D eigenvalue weighted by molar-refractivity contribution is 4.90. The minimum absolute atomic E-state index is 0.454. The Balaban J connectivity index is 1.87. The first kappa shape index (κ1) is 11.4. The van der Waals surface area contributed by atoms with Crippen molar-refractivity contribution in [3.8, 4) is 0 Å². The first-order chi connectivity index (χ1) is 7.18. The highest BCUT2D eigenvalue weighted by Crippen LogP contribution is 2.31. The molecule has 3 nitrogen and oxygen atoms in total. The molecule has 2 aliphatic heterocycles. The molecule has 0 spiro atoms. The van der Waals surface area contributed by atoms with Gasteiger partial charge in [0.05, 0.1) is 12.7 Å². The Labute approximate surface area is 93.2 Å². The summed E-state index contributed by atoms with van der Waals surface area (Å²) in [6, 6.07) is 0.615. The molecule has 0 aliphatic carbocycles. The fourth-order valence-corrected chi connectivity index (χ4v) is 2.63. The van der Waals surface area contributed by atoms with E-state index in [2.05, 4.69) is 31.1 Å². The van der Waals surface area contributed by atoms with Gasteiger partial charge in [-0.1, -0.05) is 0 Å². The van der Waals surface area contributed by atoms with E-state index in [9.17, 15) is 0 Å². The highest BCUT2D eigenvalue weighted by atomic mass is 16.5. The molecule has 0 radical (unpaired) electrons. The lowest BCUT2D eigenvalue weighted by Crippen LogP contribution is -2.43.